The van der Waals surface area contributed by atoms with Crippen LogP contribution in [0.25, 0.3) is 22.4 Å². The normalized spacial score (nSPS) is 16.7. The van der Waals surface area contributed by atoms with E-state index < -0.39 is 5.97 Å². The summed E-state index contributed by atoms with van der Waals surface area (Å²) in [4.78, 5) is 21.4. The van der Waals surface area contributed by atoms with Crippen LogP contribution in [0.4, 0.5) is 5.69 Å². The first-order valence-corrected chi connectivity index (χ1v) is 10.3. The number of ether oxygens (including phenoxy) is 1. The average molecular weight is 417 g/mol. The van der Waals surface area contributed by atoms with Crippen molar-refractivity contribution in [2.75, 3.05) is 18.4 Å². The number of nitrogens with two attached hydrogens (primary N) is 1. The van der Waals surface area contributed by atoms with Crippen molar-refractivity contribution in [3.05, 3.63) is 66.2 Å². The van der Waals surface area contributed by atoms with E-state index in [0.717, 1.165) is 47.2 Å². The fraction of sp³-hybridized carbons (Fsp3) is 0.250. The van der Waals surface area contributed by atoms with Crippen molar-refractivity contribution in [3.8, 4) is 28.3 Å². The molecular formula is C24H23N3O4. The van der Waals surface area contributed by atoms with E-state index >= 15 is 0 Å². The quantitative estimate of drug-likeness (QED) is 0.649. The number of fused-ring (bicyclic) bond motifs is 1. The maximum absolute atomic E-state index is 11.3. The molecule has 1 aliphatic carbocycles. The molecule has 5 rings (SSSR count). The molecule has 7 heteroatoms. The molecule has 2 heterocycles. The maximum Gasteiger partial charge on any atom is 0.325 e. The van der Waals surface area contributed by atoms with E-state index in [4.69, 9.17) is 20.3 Å². The lowest BCUT2D eigenvalue weighted by atomic mass is 9.72. The Morgan fingerprint density at radius 1 is 1.10 bits per heavy atom. The first-order chi connectivity index (χ1) is 15.0. The van der Waals surface area contributed by atoms with Gasteiger partial charge in [0, 0.05) is 16.7 Å². The van der Waals surface area contributed by atoms with Crippen molar-refractivity contribution < 1.29 is 19.5 Å². The highest BCUT2D eigenvalue weighted by molar-refractivity contribution is 5.85. The molecule has 0 atom stereocenters. The maximum atomic E-state index is 11.3. The molecule has 0 saturated heterocycles. The molecule has 7 nitrogen and oxygen atoms in total. The fourth-order valence-electron chi connectivity index (χ4n) is 4.10. The van der Waals surface area contributed by atoms with Crippen molar-refractivity contribution >= 4 is 11.7 Å². The molecule has 1 fully saturated rings. The molecule has 3 N–H and O–H groups in total. The molecule has 158 valence electrons. The summed E-state index contributed by atoms with van der Waals surface area (Å²) in [7, 11) is 0. The standard InChI is InChI=1S/C24H23N3O4/c25-24(11-4-12-24)18-9-7-17(8-10-18)22-19(16-5-2-1-3-6-16)13-20-23(26-22)30-15-31-27(20)14-21(28)29/h1-3,5-10,13H,4,11-12,14-15,25H2,(H,28,29). The molecule has 3 aromatic rings. The van der Waals surface area contributed by atoms with Gasteiger partial charge in [-0.3, -0.25) is 4.79 Å². The Bertz CT molecular complexity index is 1110. The number of hydroxylamine groups is 1. The van der Waals surface area contributed by atoms with E-state index in [0.29, 0.717) is 11.6 Å². The van der Waals surface area contributed by atoms with Crippen molar-refractivity contribution in [1.29, 1.82) is 0 Å². The molecule has 31 heavy (non-hydrogen) atoms. The van der Waals surface area contributed by atoms with Crippen LogP contribution >= 0.6 is 0 Å². The largest absolute Gasteiger partial charge is 0.480 e. The van der Waals surface area contributed by atoms with Gasteiger partial charge in [0.15, 0.2) is 0 Å². The molecule has 2 aromatic carbocycles. The number of rotatable bonds is 5. The summed E-state index contributed by atoms with van der Waals surface area (Å²) in [6, 6.07) is 20.0. The minimum Gasteiger partial charge on any atom is -0.480 e. The second-order valence-electron chi connectivity index (χ2n) is 7.98. The van der Waals surface area contributed by atoms with Crippen LogP contribution in [0.2, 0.25) is 0 Å². The number of pyridine rings is 1. The Morgan fingerprint density at radius 2 is 1.84 bits per heavy atom. The summed E-state index contributed by atoms with van der Waals surface area (Å²) in [6.07, 6.45) is 3.17. The van der Waals surface area contributed by atoms with Gasteiger partial charge in [0.2, 0.25) is 12.7 Å². The molecule has 0 radical (unpaired) electrons. The van der Waals surface area contributed by atoms with Crippen LogP contribution in [0.3, 0.4) is 0 Å². The Labute approximate surface area is 180 Å². The summed E-state index contributed by atoms with van der Waals surface area (Å²) in [6.45, 7) is -0.398. The number of aromatic nitrogens is 1. The first kappa shape index (κ1) is 19.5. The smallest absolute Gasteiger partial charge is 0.325 e. The van der Waals surface area contributed by atoms with Crippen molar-refractivity contribution in [3.63, 3.8) is 0 Å². The zero-order chi connectivity index (χ0) is 21.4. The highest BCUT2D eigenvalue weighted by atomic mass is 16.8. The molecule has 1 saturated carbocycles. The van der Waals surface area contributed by atoms with E-state index in [1.54, 1.807) is 0 Å². The summed E-state index contributed by atoms with van der Waals surface area (Å²) < 4.78 is 5.60. The number of aliphatic carboxylic acids is 1. The number of nitrogens with zero attached hydrogens (tertiary/aromatic N) is 2. The Balaban J connectivity index is 1.62. The number of carboxylic acid groups (broad SMARTS) is 1. The van der Waals surface area contributed by atoms with Crippen molar-refractivity contribution in [2.24, 2.45) is 5.73 Å². The molecule has 1 aromatic heterocycles. The zero-order valence-corrected chi connectivity index (χ0v) is 17.0. The predicted octanol–water partition coefficient (Wildman–Crippen LogP) is 3.93. The summed E-state index contributed by atoms with van der Waals surface area (Å²) >= 11 is 0. The van der Waals surface area contributed by atoms with E-state index in [1.165, 1.54) is 5.06 Å². The summed E-state index contributed by atoms with van der Waals surface area (Å²) in [5.74, 6) is -0.652. The van der Waals surface area contributed by atoms with Gasteiger partial charge >= 0.3 is 5.97 Å². The van der Waals surface area contributed by atoms with E-state index in [9.17, 15) is 9.90 Å². The van der Waals surface area contributed by atoms with E-state index in [-0.39, 0.29) is 18.9 Å². The molecule has 0 amide bonds. The lowest BCUT2D eigenvalue weighted by Gasteiger charge is -2.38. The fourth-order valence-corrected chi connectivity index (χ4v) is 4.10. The van der Waals surface area contributed by atoms with Gasteiger partial charge in [-0.1, -0.05) is 54.6 Å². The third-order valence-corrected chi connectivity index (χ3v) is 5.98. The van der Waals surface area contributed by atoms with Gasteiger partial charge in [-0.05, 0) is 36.5 Å². The number of carboxylic acids is 1. The number of anilines is 1. The summed E-state index contributed by atoms with van der Waals surface area (Å²) in [5.41, 5.74) is 11.4. The monoisotopic (exact) mass is 417 g/mol. The highest BCUT2D eigenvalue weighted by Gasteiger charge is 2.34. The SMILES string of the molecule is NC1(c2ccc(-c3nc4c(cc3-c3ccccc3)N(CC(=O)O)OCO4)cc2)CCC1. The van der Waals surface area contributed by atoms with Crippen LogP contribution in [-0.4, -0.2) is 29.4 Å². The lowest BCUT2D eigenvalue weighted by Crippen LogP contribution is -2.43. The Hall–Kier alpha value is -3.42. The van der Waals surface area contributed by atoms with Gasteiger partial charge < -0.3 is 15.6 Å². The number of benzene rings is 2. The van der Waals surface area contributed by atoms with E-state index in [2.05, 4.69) is 12.1 Å². The van der Waals surface area contributed by atoms with Crippen LogP contribution < -0.4 is 15.5 Å². The van der Waals surface area contributed by atoms with Gasteiger partial charge in [-0.25, -0.2) is 14.9 Å². The Morgan fingerprint density at radius 3 is 2.48 bits per heavy atom. The molecule has 0 bridgehead atoms. The van der Waals surface area contributed by atoms with Crippen LogP contribution in [0.5, 0.6) is 5.88 Å². The lowest BCUT2D eigenvalue weighted by molar-refractivity contribution is -0.138. The van der Waals surface area contributed by atoms with Crippen LogP contribution in [0, 0.1) is 0 Å². The second kappa shape index (κ2) is 7.68. The Kier molecular flexibility index (Phi) is 4.84. The number of hydrogen-bond donors (Lipinski definition) is 2. The minimum absolute atomic E-state index is 0.0912. The van der Waals surface area contributed by atoms with Gasteiger partial charge in [0.05, 0.1) is 5.69 Å². The highest BCUT2D eigenvalue weighted by Crippen LogP contribution is 2.42. The number of hydrogen-bond acceptors (Lipinski definition) is 6. The van der Waals surface area contributed by atoms with Crippen molar-refractivity contribution in [1.82, 2.24) is 4.98 Å². The van der Waals surface area contributed by atoms with Crippen LogP contribution in [-0.2, 0) is 15.2 Å². The third kappa shape index (κ3) is 3.62. The van der Waals surface area contributed by atoms with Crippen LogP contribution in [0.1, 0.15) is 24.8 Å². The zero-order valence-electron chi connectivity index (χ0n) is 17.0. The van der Waals surface area contributed by atoms with Crippen molar-refractivity contribution in [2.45, 2.75) is 24.8 Å². The van der Waals surface area contributed by atoms with Gasteiger partial charge in [0.1, 0.15) is 12.2 Å². The van der Waals surface area contributed by atoms with Gasteiger partial charge in [-0.2, -0.15) is 0 Å². The molecular weight excluding hydrogens is 394 g/mol. The third-order valence-electron chi connectivity index (χ3n) is 5.98. The second-order valence-corrected chi connectivity index (χ2v) is 7.98. The summed E-state index contributed by atoms with van der Waals surface area (Å²) in [5, 5.41) is 10.5. The topological polar surface area (TPSA) is 97.9 Å². The van der Waals surface area contributed by atoms with Crippen LogP contribution in [0.15, 0.2) is 60.7 Å². The first-order valence-electron chi connectivity index (χ1n) is 10.3. The molecule has 2 aliphatic rings. The average Bonchev–Trinajstić information content (AvgIpc) is 2.77. The van der Waals surface area contributed by atoms with E-state index in [1.807, 2.05) is 48.5 Å². The molecule has 0 spiro atoms. The molecule has 0 unspecified atom stereocenters. The predicted molar refractivity (Wildman–Crippen MR) is 116 cm³/mol. The van der Waals surface area contributed by atoms with Gasteiger partial charge in [-0.15, -0.1) is 0 Å². The van der Waals surface area contributed by atoms with Gasteiger partial charge in [0.25, 0.3) is 0 Å². The minimum atomic E-state index is -1.000. The number of carbonyl (C=O) groups is 1. The molecule has 1 aliphatic heterocycles.